The number of carbonyl (C=O) groups is 2. The van der Waals surface area contributed by atoms with Crippen molar-refractivity contribution >= 4 is 41.3 Å². The van der Waals surface area contributed by atoms with Crippen molar-refractivity contribution < 1.29 is 14.7 Å². The van der Waals surface area contributed by atoms with Crippen LogP contribution in [0.3, 0.4) is 0 Å². The summed E-state index contributed by atoms with van der Waals surface area (Å²) < 4.78 is 3.42. The molecule has 0 saturated heterocycles. The van der Waals surface area contributed by atoms with Gasteiger partial charge in [-0.1, -0.05) is 12.2 Å². The largest absolute Gasteiger partial charge is 0.478 e. The van der Waals surface area contributed by atoms with Crippen LogP contribution >= 0.6 is 12.4 Å². The van der Waals surface area contributed by atoms with E-state index in [0.29, 0.717) is 42.3 Å². The van der Waals surface area contributed by atoms with Crippen LogP contribution in [-0.2, 0) is 13.1 Å². The highest BCUT2D eigenvalue weighted by Crippen LogP contribution is 2.22. The fraction of sp³-hybridized carbons (Fsp3) is 0.263. The zero-order valence-electron chi connectivity index (χ0n) is 16.1. The van der Waals surface area contributed by atoms with Gasteiger partial charge in [-0.2, -0.15) is 5.10 Å². The molecule has 0 saturated carbocycles. The SMILES string of the molecule is CCn1nc(C)cc1C(=O)Nc1nc2cc(C(=O)O)ccc2n1C/C=C/CN.Cl. The van der Waals surface area contributed by atoms with Crippen LogP contribution in [0, 0.1) is 6.92 Å². The number of allylic oxidation sites excluding steroid dienone is 1. The number of anilines is 1. The first-order valence-corrected chi connectivity index (χ1v) is 8.89. The highest BCUT2D eigenvalue weighted by Gasteiger charge is 2.18. The number of benzene rings is 1. The maximum Gasteiger partial charge on any atom is 0.335 e. The Kier molecular flexibility index (Phi) is 7.13. The van der Waals surface area contributed by atoms with E-state index in [0.717, 1.165) is 5.69 Å². The van der Waals surface area contributed by atoms with Gasteiger partial charge in [0, 0.05) is 19.6 Å². The lowest BCUT2D eigenvalue weighted by Gasteiger charge is -2.09. The summed E-state index contributed by atoms with van der Waals surface area (Å²) in [7, 11) is 0. The molecule has 0 bridgehead atoms. The summed E-state index contributed by atoms with van der Waals surface area (Å²) >= 11 is 0. The molecule has 0 aliphatic rings. The van der Waals surface area contributed by atoms with Gasteiger partial charge < -0.3 is 15.4 Å². The van der Waals surface area contributed by atoms with Gasteiger partial charge in [0.15, 0.2) is 0 Å². The Morgan fingerprint density at radius 2 is 2.03 bits per heavy atom. The maximum atomic E-state index is 12.8. The van der Waals surface area contributed by atoms with E-state index < -0.39 is 5.97 Å². The lowest BCUT2D eigenvalue weighted by molar-refractivity contribution is 0.0696. The minimum absolute atomic E-state index is 0. The van der Waals surface area contributed by atoms with Crippen LogP contribution in [0.2, 0.25) is 0 Å². The molecule has 0 radical (unpaired) electrons. The number of carboxylic acids is 1. The van der Waals surface area contributed by atoms with Gasteiger partial charge in [0.2, 0.25) is 5.95 Å². The van der Waals surface area contributed by atoms with Crippen LogP contribution in [0.15, 0.2) is 36.4 Å². The summed E-state index contributed by atoms with van der Waals surface area (Å²) in [6.45, 7) is 5.12. The number of hydrogen-bond donors (Lipinski definition) is 3. The number of nitrogens with two attached hydrogens (primary N) is 1. The Morgan fingerprint density at radius 3 is 2.69 bits per heavy atom. The third-order valence-corrected chi connectivity index (χ3v) is 4.25. The van der Waals surface area contributed by atoms with E-state index >= 15 is 0 Å². The number of carboxylic acid groups (broad SMARTS) is 1. The van der Waals surface area contributed by atoms with Gasteiger partial charge in [0.1, 0.15) is 5.69 Å². The monoisotopic (exact) mass is 418 g/mol. The number of imidazole rings is 1. The molecule has 29 heavy (non-hydrogen) atoms. The van der Waals surface area contributed by atoms with Gasteiger partial charge in [-0.3, -0.25) is 14.8 Å². The number of halogens is 1. The number of carbonyl (C=O) groups excluding carboxylic acids is 1. The Morgan fingerprint density at radius 1 is 1.28 bits per heavy atom. The number of aromatic carboxylic acids is 1. The average Bonchev–Trinajstić information content (AvgIpc) is 3.21. The van der Waals surface area contributed by atoms with E-state index in [-0.39, 0.29) is 23.9 Å². The van der Waals surface area contributed by atoms with Crippen molar-refractivity contribution in [3.63, 3.8) is 0 Å². The topological polar surface area (TPSA) is 128 Å². The van der Waals surface area contributed by atoms with Crippen molar-refractivity contribution in [2.75, 3.05) is 11.9 Å². The lowest BCUT2D eigenvalue weighted by Crippen LogP contribution is -2.19. The van der Waals surface area contributed by atoms with Gasteiger partial charge in [-0.25, -0.2) is 9.78 Å². The number of aromatic nitrogens is 4. The van der Waals surface area contributed by atoms with Crippen molar-refractivity contribution in [3.05, 3.63) is 53.4 Å². The normalized spacial score (nSPS) is 11.0. The molecule has 0 aliphatic carbocycles. The fourth-order valence-corrected chi connectivity index (χ4v) is 2.95. The molecule has 154 valence electrons. The number of hydrogen-bond acceptors (Lipinski definition) is 5. The first-order chi connectivity index (χ1) is 13.4. The van der Waals surface area contributed by atoms with Crippen LogP contribution in [0.25, 0.3) is 11.0 Å². The van der Waals surface area contributed by atoms with Crippen molar-refractivity contribution in [1.82, 2.24) is 19.3 Å². The van der Waals surface area contributed by atoms with E-state index in [1.165, 1.54) is 12.1 Å². The Hall–Kier alpha value is -3.17. The second kappa shape index (κ2) is 9.35. The molecule has 1 amide bonds. The molecule has 0 spiro atoms. The molecule has 1 aromatic carbocycles. The number of nitrogens with one attached hydrogen (secondary N) is 1. The molecule has 0 fully saturated rings. The van der Waals surface area contributed by atoms with Gasteiger partial charge in [0.05, 0.1) is 22.3 Å². The predicted molar refractivity (Wildman–Crippen MR) is 113 cm³/mol. The number of amides is 1. The summed E-state index contributed by atoms with van der Waals surface area (Å²) in [5.41, 5.74) is 8.01. The van der Waals surface area contributed by atoms with E-state index in [4.69, 9.17) is 5.73 Å². The second-order valence-electron chi connectivity index (χ2n) is 6.20. The van der Waals surface area contributed by atoms with Crippen LogP contribution in [-0.4, -0.2) is 42.9 Å². The first-order valence-electron chi connectivity index (χ1n) is 8.89. The zero-order valence-corrected chi connectivity index (χ0v) is 16.9. The molecule has 0 atom stereocenters. The minimum atomic E-state index is -1.03. The minimum Gasteiger partial charge on any atom is -0.478 e. The summed E-state index contributed by atoms with van der Waals surface area (Å²) in [6.07, 6.45) is 3.67. The highest BCUT2D eigenvalue weighted by molar-refractivity contribution is 6.03. The molecule has 3 aromatic rings. The van der Waals surface area contributed by atoms with E-state index in [2.05, 4.69) is 15.4 Å². The smallest absolute Gasteiger partial charge is 0.335 e. The molecule has 2 aromatic heterocycles. The molecule has 10 heteroatoms. The van der Waals surface area contributed by atoms with Crippen molar-refractivity contribution in [2.45, 2.75) is 26.9 Å². The molecule has 2 heterocycles. The number of nitrogens with zero attached hydrogens (tertiary/aromatic N) is 4. The number of aryl methyl sites for hydroxylation is 2. The molecule has 0 aliphatic heterocycles. The average molecular weight is 419 g/mol. The Labute approximate surface area is 173 Å². The van der Waals surface area contributed by atoms with Gasteiger partial charge in [0.25, 0.3) is 5.91 Å². The fourth-order valence-electron chi connectivity index (χ4n) is 2.95. The quantitative estimate of drug-likeness (QED) is 0.505. The first kappa shape index (κ1) is 22.1. The van der Waals surface area contributed by atoms with Crippen molar-refractivity contribution in [2.24, 2.45) is 5.73 Å². The van der Waals surface area contributed by atoms with E-state index in [1.807, 2.05) is 19.9 Å². The predicted octanol–water partition coefficient (Wildman–Crippen LogP) is 2.45. The number of rotatable bonds is 7. The van der Waals surface area contributed by atoms with Crippen molar-refractivity contribution in [1.29, 1.82) is 0 Å². The summed E-state index contributed by atoms with van der Waals surface area (Å²) in [4.78, 5) is 28.5. The van der Waals surface area contributed by atoms with E-state index in [9.17, 15) is 14.7 Å². The van der Waals surface area contributed by atoms with Gasteiger partial charge >= 0.3 is 5.97 Å². The summed E-state index contributed by atoms with van der Waals surface area (Å²) in [5.74, 6) is -1.04. The Bertz CT molecular complexity index is 1070. The summed E-state index contributed by atoms with van der Waals surface area (Å²) in [5, 5.41) is 16.3. The van der Waals surface area contributed by atoms with Gasteiger partial charge in [-0.05, 0) is 38.1 Å². The van der Waals surface area contributed by atoms with Crippen LogP contribution in [0.5, 0.6) is 0 Å². The van der Waals surface area contributed by atoms with Crippen LogP contribution in [0.4, 0.5) is 5.95 Å². The molecule has 4 N–H and O–H groups in total. The molecule has 3 rings (SSSR count). The second-order valence-corrected chi connectivity index (χ2v) is 6.20. The molecular formula is C19H23ClN6O3. The third kappa shape index (κ3) is 4.64. The van der Waals surface area contributed by atoms with Crippen LogP contribution in [0.1, 0.15) is 33.5 Å². The third-order valence-electron chi connectivity index (χ3n) is 4.25. The standard InChI is InChI=1S/C19H22N6O3.ClH/c1-3-25-16(10-12(2)23-25)17(26)22-19-21-14-11-13(18(27)28)6-7-15(14)24(19)9-5-4-8-20;/h4-7,10-11H,3,8-9,20H2,1-2H3,(H,27,28)(H,21,22,26);1H/b5-4+;. The maximum absolute atomic E-state index is 12.8. The summed E-state index contributed by atoms with van der Waals surface area (Å²) in [6, 6.07) is 6.38. The highest BCUT2D eigenvalue weighted by atomic mass is 35.5. The van der Waals surface area contributed by atoms with Gasteiger partial charge in [-0.15, -0.1) is 12.4 Å². The number of fused-ring (bicyclic) bond motifs is 1. The van der Waals surface area contributed by atoms with Crippen molar-refractivity contribution in [3.8, 4) is 0 Å². The van der Waals surface area contributed by atoms with E-state index in [1.54, 1.807) is 27.5 Å². The Balaban J connectivity index is 0.00000300. The lowest BCUT2D eigenvalue weighted by atomic mass is 10.2. The van der Waals surface area contributed by atoms with Crippen LogP contribution < -0.4 is 11.1 Å². The molecule has 9 nitrogen and oxygen atoms in total. The molecule has 0 unspecified atom stereocenters. The molecular weight excluding hydrogens is 396 g/mol. The zero-order chi connectivity index (χ0) is 20.3.